The number of aromatic carboxylic acids is 1. The van der Waals surface area contributed by atoms with Crippen LogP contribution >= 0.6 is 0 Å². The summed E-state index contributed by atoms with van der Waals surface area (Å²) in [7, 11) is 0. The standard InChI is InChI=1S/C17H14FNO2/c1-11-5-6-13(18)9-12(11)10-19-8-7-14-15(17(20)21)3-2-4-16(14)19/h2-9H,10H2,1H3,(H,20,21). The lowest BCUT2D eigenvalue weighted by Crippen LogP contribution is -2.02. The lowest BCUT2D eigenvalue weighted by molar-refractivity contribution is 0.0699. The van der Waals surface area contributed by atoms with Gasteiger partial charge in [0.15, 0.2) is 0 Å². The largest absolute Gasteiger partial charge is 0.478 e. The van der Waals surface area contributed by atoms with Crippen molar-refractivity contribution in [2.75, 3.05) is 0 Å². The lowest BCUT2D eigenvalue weighted by atomic mass is 10.1. The van der Waals surface area contributed by atoms with Crippen LogP contribution in [0.4, 0.5) is 4.39 Å². The number of hydrogen-bond acceptors (Lipinski definition) is 1. The number of carbonyl (C=O) groups is 1. The Morgan fingerprint density at radius 3 is 2.81 bits per heavy atom. The van der Waals surface area contributed by atoms with Gasteiger partial charge in [0.1, 0.15) is 5.82 Å². The lowest BCUT2D eigenvalue weighted by Gasteiger charge is -2.09. The first-order valence-electron chi connectivity index (χ1n) is 6.62. The molecule has 0 unspecified atom stereocenters. The molecule has 0 aliphatic heterocycles. The number of carboxylic acids is 1. The Labute approximate surface area is 121 Å². The van der Waals surface area contributed by atoms with Gasteiger partial charge in [-0.2, -0.15) is 0 Å². The third kappa shape index (κ3) is 2.40. The number of rotatable bonds is 3. The summed E-state index contributed by atoms with van der Waals surface area (Å²) in [5.74, 6) is -1.21. The molecule has 3 nitrogen and oxygen atoms in total. The number of carboxylic acid groups (broad SMARTS) is 1. The van der Waals surface area contributed by atoms with Crippen molar-refractivity contribution >= 4 is 16.9 Å². The average Bonchev–Trinajstić information content (AvgIpc) is 2.86. The van der Waals surface area contributed by atoms with Crippen molar-refractivity contribution in [2.45, 2.75) is 13.5 Å². The Hall–Kier alpha value is -2.62. The average molecular weight is 283 g/mol. The van der Waals surface area contributed by atoms with Crippen LogP contribution in [0.2, 0.25) is 0 Å². The Morgan fingerprint density at radius 2 is 2.05 bits per heavy atom. The first-order chi connectivity index (χ1) is 10.1. The summed E-state index contributed by atoms with van der Waals surface area (Å²) < 4.78 is 15.3. The summed E-state index contributed by atoms with van der Waals surface area (Å²) in [4.78, 5) is 11.2. The summed E-state index contributed by atoms with van der Waals surface area (Å²) in [5.41, 5.74) is 3.00. The van der Waals surface area contributed by atoms with Crippen LogP contribution in [0.1, 0.15) is 21.5 Å². The predicted molar refractivity (Wildman–Crippen MR) is 79.1 cm³/mol. The molecule has 3 aromatic rings. The van der Waals surface area contributed by atoms with Crippen molar-refractivity contribution in [3.8, 4) is 0 Å². The second-order valence-electron chi connectivity index (χ2n) is 5.06. The van der Waals surface area contributed by atoms with E-state index in [0.29, 0.717) is 11.9 Å². The molecule has 0 saturated heterocycles. The Morgan fingerprint density at radius 1 is 1.24 bits per heavy atom. The van der Waals surface area contributed by atoms with Crippen LogP contribution in [0.5, 0.6) is 0 Å². The zero-order valence-corrected chi connectivity index (χ0v) is 11.5. The highest BCUT2D eigenvalue weighted by atomic mass is 19.1. The molecule has 0 spiro atoms. The first kappa shape index (κ1) is 13.4. The summed E-state index contributed by atoms with van der Waals surface area (Å²) in [5, 5.41) is 9.90. The van der Waals surface area contributed by atoms with E-state index in [1.54, 1.807) is 24.3 Å². The van der Waals surface area contributed by atoms with Gasteiger partial charge in [0.25, 0.3) is 0 Å². The van der Waals surface area contributed by atoms with Crippen LogP contribution in [0.3, 0.4) is 0 Å². The zero-order chi connectivity index (χ0) is 15.0. The molecule has 1 N–H and O–H groups in total. The van der Waals surface area contributed by atoms with Gasteiger partial charge in [-0.15, -0.1) is 0 Å². The van der Waals surface area contributed by atoms with Crippen LogP contribution < -0.4 is 0 Å². The van der Waals surface area contributed by atoms with Crippen molar-refractivity contribution < 1.29 is 14.3 Å². The van der Waals surface area contributed by atoms with Crippen molar-refractivity contribution in [3.63, 3.8) is 0 Å². The topological polar surface area (TPSA) is 42.2 Å². The molecule has 0 amide bonds. The van der Waals surface area contributed by atoms with E-state index in [9.17, 15) is 14.3 Å². The molecule has 0 fully saturated rings. The number of nitrogens with zero attached hydrogens (tertiary/aromatic N) is 1. The van der Waals surface area contributed by atoms with Crippen LogP contribution in [-0.4, -0.2) is 15.6 Å². The third-order valence-corrected chi connectivity index (χ3v) is 3.70. The van der Waals surface area contributed by atoms with Gasteiger partial charge in [-0.3, -0.25) is 0 Å². The van der Waals surface area contributed by atoms with Crippen LogP contribution in [-0.2, 0) is 6.54 Å². The van der Waals surface area contributed by atoms with Gasteiger partial charge in [-0.1, -0.05) is 12.1 Å². The summed E-state index contributed by atoms with van der Waals surface area (Å²) in [6, 6.07) is 11.7. The molecule has 0 radical (unpaired) electrons. The Kier molecular flexibility index (Phi) is 3.22. The van der Waals surface area contributed by atoms with E-state index in [-0.39, 0.29) is 11.4 Å². The second kappa shape index (κ2) is 5.05. The molecule has 0 bridgehead atoms. The Balaban J connectivity index is 2.08. The predicted octanol–water partition coefficient (Wildman–Crippen LogP) is 3.84. The van der Waals surface area contributed by atoms with Crippen molar-refractivity contribution in [2.24, 2.45) is 0 Å². The summed E-state index contributed by atoms with van der Waals surface area (Å²) in [6.45, 7) is 2.44. The van der Waals surface area contributed by atoms with E-state index in [0.717, 1.165) is 16.6 Å². The van der Waals surface area contributed by atoms with Crippen molar-refractivity contribution in [3.05, 3.63) is 71.2 Å². The molecule has 0 aliphatic rings. The van der Waals surface area contributed by atoms with Gasteiger partial charge in [0.05, 0.1) is 5.56 Å². The van der Waals surface area contributed by atoms with Crippen molar-refractivity contribution in [1.29, 1.82) is 0 Å². The fraction of sp³-hybridized carbons (Fsp3) is 0.118. The molecule has 0 atom stereocenters. The highest BCUT2D eigenvalue weighted by Crippen LogP contribution is 2.22. The maximum atomic E-state index is 13.4. The highest BCUT2D eigenvalue weighted by Gasteiger charge is 2.11. The van der Waals surface area contributed by atoms with Crippen molar-refractivity contribution in [1.82, 2.24) is 4.57 Å². The molecule has 0 saturated carbocycles. The van der Waals surface area contributed by atoms with E-state index in [1.165, 1.54) is 12.1 Å². The molecule has 3 rings (SSSR count). The fourth-order valence-electron chi connectivity index (χ4n) is 2.54. The van der Waals surface area contributed by atoms with Gasteiger partial charge in [-0.25, -0.2) is 9.18 Å². The first-order valence-corrected chi connectivity index (χ1v) is 6.62. The van der Waals surface area contributed by atoms with Gasteiger partial charge in [-0.05, 0) is 48.4 Å². The SMILES string of the molecule is Cc1ccc(F)cc1Cn1ccc2c(C(=O)O)cccc21. The summed E-state index contributed by atoms with van der Waals surface area (Å²) in [6.07, 6.45) is 1.83. The number of halogens is 1. The molecular weight excluding hydrogens is 269 g/mol. The fourth-order valence-corrected chi connectivity index (χ4v) is 2.54. The molecule has 106 valence electrons. The number of aryl methyl sites for hydroxylation is 1. The van der Waals surface area contributed by atoms with E-state index in [4.69, 9.17) is 0 Å². The third-order valence-electron chi connectivity index (χ3n) is 3.70. The molecule has 2 aromatic carbocycles. The molecule has 4 heteroatoms. The minimum absolute atomic E-state index is 0.265. The van der Waals surface area contributed by atoms with Crippen LogP contribution in [0.25, 0.3) is 10.9 Å². The molecule has 21 heavy (non-hydrogen) atoms. The van der Waals surface area contributed by atoms with Crippen LogP contribution in [0.15, 0.2) is 48.7 Å². The van der Waals surface area contributed by atoms with E-state index >= 15 is 0 Å². The normalized spacial score (nSPS) is 11.0. The van der Waals surface area contributed by atoms with Gasteiger partial charge in [0, 0.05) is 23.6 Å². The molecule has 1 heterocycles. The highest BCUT2D eigenvalue weighted by molar-refractivity contribution is 6.02. The zero-order valence-electron chi connectivity index (χ0n) is 11.5. The smallest absolute Gasteiger partial charge is 0.336 e. The monoisotopic (exact) mass is 283 g/mol. The molecule has 0 aliphatic carbocycles. The summed E-state index contributed by atoms with van der Waals surface area (Å²) >= 11 is 0. The molecule has 1 aromatic heterocycles. The number of fused-ring (bicyclic) bond motifs is 1. The van der Waals surface area contributed by atoms with E-state index in [2.05, 4.69) is 0 Å². The van der Waals surface area contributed by atoms with Gasteiger partial charge in [0.2, 0.25) is 0 Å². The second-order valence-corrected chi connectivity index (χ2v) is 5.06. The van der Waals surface area contributed by atoms with Crippen LogP contribution in [0, 0.1) is 12.7 Å². The minimum Gasteiger partial charge on any atom is -0.478 e. The number of hydrogen-bond donors (Lipinski definition) is 1. The van der Waals surface area contributed by atoms with Gasteiger partial charge >= 0.3 is 5.97 Å². The molecular formula is C17H14FNO2. The minimum atomic E-state index is -0.944. The van der Waals surface area contributed by atoms with E-state index in [1.807, 2.05) is 23.8 Å². The Bertz CT molecular complexity index is 836. The maximum Gasteiger partial charge on any atom is 0.336 e. The van der Waals surface area contributed by atoms with E-state index < -0.39 is 5.97 Å². The quantitative estimate of drug-likeness (QED) is 0.793. The number of aromatic nitrogens is 1. The maximum absolute atomic E-state index is 13.4. The number of benzene rings is 2. The van der Waals surface area contributed by atoms with Gasteiger partial charge < -0.3 is 9.67 Å².